The topological polar surface area (TPSA) is 0 Å². The molecule has 2 fully saturated rings. The smallest absolute Gasteiger partial charge is 0.0302 e. The second-order valence-electron chi connectivity index (χ2n) is 15.3. The molecule has 166 valence electrons. The minimum absolute atomic E-state index is 0.363. The van der Waals surface area contributed by atoms with Gasteiger partial charge in [0.25, 0.3) is 0 Å². The van der Waals surface area contributed by atoms with Crippen LogP contribution in [0.15, 0.2) is 0 Å². The van der Waals surface area contributed by atoms with E-state index in [0.717, 1.165) is 53.3 Å². The van der Waals surface area contributed by atoms with Crippen LogP contribution in [-0.4, -0.2) is 0 Å². The van der Waals surface area contributed by atoms with Gasteiger partial charge in [-0.3, -0.25) is 0 Å². The van der Waals surface area contributed by atoms with Crippen LogP contribution in [0.2, 0.25) is 0 Å². The van der Waals surface area contributed by atoms with E-state index in [0.29, 0.717) is 21.7 Å². The van der Waals surface area contributed by atoms with Gasteiger partial charge < -0.3 is 0 Å². The summed E-state index contributed by atoms with van der Waals surface area (Å²) in [5, 5.41) is 0. The Kier molecular flexibility index (Phi) is 6.08. The number of hydrogen-bond donors (Lipinski definition) is 0. The second kappa shape index (κ2) is 7.02. The minimum atomic E-state index is 0.363. The van der Waals surface area contributed by atoms with Gasteiger partial charge in [0.1, 0.15) is 0 Å². The molecule has 2 rings (SSSR count). The lowest BCUT2D eigenvalue weighted by atomic mass is 9.45. The largest absolute Gasteiger partial charge is 0.0619 e. The lowest BCUT2D eigenvalue weighted by molar-refractivity contribution is -0.117. The Hall–Kier alpha value is 0. The Morgan fingerprint density at radius 2 is 0.571 bits per heavy atom. The van der Waals surface area contributed by atoms with Crippen molar-refractivity contribution < 1.29 is 0 Å². The molecule has 0 saturated heterocycles. The highest BCUT2D eigenvalue weighted by atomic mass is 14.7. The highest BCUT2D eigenvalue weighted by Gasteiger charge is 2.65. The van der Waals surface area contributed by atoms with Crippen LogP contribution in [0, 0.1) is 74.9 Å². The summed E-state index contributed by atoms with van der Waals surface area (Å²) in [4.78, 5) is 0. The molecule has 0 amide bonds. The predicted octanol–water partition coefficient (Wildman–Crippen LogP) is 8.80. The van der Waals surface area contributed by atoms with E-state index < -0.39 is 0 Å². The average molecular weight is 391 g/mol. The summed E-state index contributed by atoms with van der Waals surface area (Å²) in [6.07, 6.45) is 0. The van der Waals surface area contributed by atoms with Gasteiger partial charge in [-0.05, 0) is 74.9 Å². The molecule has 0 nitrogen and oxygen atoms in total. The fraction of sp³-hybridized carbons (Fsp3) is 1.00. The van der Waals surface area contributed by atoms with Crippen LogP contribution in [-0.2, 0) is 0 Å². The zero-order valence-corrected chi connectivity index (χ0v) is 22.2. The number of hydrogen-bond acceptors (Lipinski definition) is 0. The third-order valence-corrected chi connectivity index (χ3v) is 9.13. The maximum absolute atomic E-state index is 2.64. The minimum Gasteiger partial charge on any atom is -0.0619 e. The highest BCUT2D eigenvalue weighted by Crippen LogP contribution is 2.69. The molecule has 28 heavy (non-hydrogen) atoms. The van der Waals surface area contributed by atoms with E-state index in [1.807, 2.05) is 0 Å². The van der Waals surface area contributed by atoms with Crippen LogP contribution < -0.4 is 0 Å². The maximum atomic E-state index is 2.64. The molecule has 0 spiro atoms. The Balaban J connectivity index is 2.76. The number of fused-ring (bicyclic) bond motifs is 1. The molecular weight excluding hydrogens is 336 g/mol. The molecule has 0 aromatic carbocycles. The average Bonchev–Trinajstić information content (AvgIpc) is 2.67. The summed E-state index contributed by atoms with van der Waals surface area (Å²) in [6.45, 7) is 38.2. The van der Waals surface area contributed by atoms with Crippen molar-refractivity contribution in [1.29, 1.82) is 0 Å². The highest BCUT2D eigenvalue weighted by molar-refractivity contribution is 5.12. The van der Waals surface area contributed by atoms with Gasteiger partial charge >= 0.3 is 0 Å². The van der Waals surface area contributed by atoms with Crippen LogP contribution in [0.1, 0.15) is 104 Å². The van der Waals surface area contributed by atoms with Crippen molar-refractivity contribution in [3.63, 3.8) is 0 Å². The molecule has 0 aromatic rings. The van der Waals surface area contributed by atoms with Gasteiger partial charge in [-0.15, -0.1) is 0 Å². The summed E-state index contributed by atoms with van der Waals surface area (Å²) in [5.74, 6) is 7.32. The Morgan fingerprint density at radius 1 is 0.321 bits per heavy atom. The van der Waals surface area contributed by atoms with E-state index in [4.69, 9.17) is 0 Å². The maximum Gasteiger partial charge on any atom is -0.0302 e. The first kappa shape index (κ1) is 24.3. The first-order chi connectivity index (χ1) is 12.2. The monoisotopic (exact) mass is 390 g/mol. The third kappa shape index (κ3) is 3.97. The molecule has 0 aromatic heterocycles. The Labute approximate surface area is 179 Å². The van der Waals surface area contributed by atoms with Crippen LogP contribution in [0.3, 0.4) is 0 Å². The zero-order chi connectivity index (χ0) is 22.2. The zero-order valence-electron chi connectivity index (χ0n) is 22.2. The van der Waals surface area contributed by atoms with Crippen LogP contribution in [0.25, 0.3) is 0 Å². The van der Waals surface area contributed by atoms with E-state index in [9.17, 15) is 0 Å². The van der Waals surface area contributed by atoms with E-state index >= 15 is 0 Å². The van der Waals surface area contributed by atoms with Crippen molar-refractivity contribution in [1.82, 2.24) is 0 Å². The van der Waals surface area contributed by atoms with Gasteiger partial charge in [0.2, 0.25) is 0 Å². The van der Waals surface area contributed by atoms with E-state index in [2.05, 4.69) is 104 Å². The van der Waals surface area contributed by atoms with Crippen molar-refractivity contribution in [2.24, 2.45) is 74.9 Å². The Morgan fingerprint density at radius 3 is 0.857 bits per heavy atom. The summed E-state index contributed by atoms with van der Waals surface area (Å²) in [7, 11) is 0. The van der Waals surface area contributed by atoms with E-state index in [1.165, 1.54) is 0 Å². The predicted molar refractivity (Wildman–Crippen MR) is 126 cm³/mol. The molecule has 2 aliphatic rings. The molecule has 0 bridgehead atoms. The lowest BCUT2D eigenvalue weighted by Crippen LogP contribution is -2.54. The molecular formula is C28H54. The normalized spacial score (nSPS) is 43.2. The van der Waals surface area contributed by atoms with Gasteiger partial charge in [-0.25, -0.2) is 0 Å². The van der Waals surface area contributed by atoms with Crippen molar-refractivity contribution in [3.8, 4) is 0 Å². The molecule has 0 radical (unpaired) electrons. The van der Waals surface area contributed by atoms with Crippen molar-refractivity contribution >= 4 is 0 Å². The Bertz CT molecular complexity index is 541. The van der Waals surface area contributed by atoms with Gasteiger partial charge in [-0.2, -0.15) is 0 Å². The van der Waals surface area contributed by atoms with Crippen molar-refractivity contribution in [2.45, 2.75) is 104 Å². The van der Waals surface area contributed by atoms with Crippen LogP contribution >= 0.6 is 0 Å². The summed E-state index contributed by atoms with van der Waals surface area (Å²) < 4.78 is 0. The number of rotatable bonds is 0. The SMILES string of the molecule is CC1C2C(C(C(C)(C)C)C(C)C1C(C)(C)C)C(C(C)(C)C)C(C)C2C(C)(C)C. The third-order valence-electron chi connectivity index (χ3n) is 9.13. The van der Waals surface area contributed by atoms with Crippen LogP contribution in [0.4, 0.5) is 0 Å². The van der Waals surface area contributed by atoms with Gasteiger partial charge in [0.15, 0.2) is 0 Å². The van der Waals surface area contributed by atoms with E-state index in [-0.39, 0.29) is 0 Å². The summed E-state index contributed by atoms with van der Waals surface area (Å²) in [6, 6.07) is 0. The van der Waals surface area contributed by atoms with Crippen molar-refractivity contribution in [2.75, 3.05) is 0 Å². The van der Waals surface area contributed by atoms with E-state index in [1.54, 1.807) is 0 Å². The molecule has 9 atom stereocenters. The fourth-order valence-corrected chi connectivity index (χ4v) is 9.51. The van der Waals surface area contributed by atoms with Gasteiger partial charge in [-0.1, -0.05) is 104 Å². The summed E-state index contributed by atoms with van der Waals surface area (Å²) >= 11 is 0. The first-order valence-electron chi connectivity index (χ1n) is 12.2. The molecule has 2 aliphatic carbocycles. The molecule has 0 aliphatic heterocycles. The molecule has 9 unspecified atom stereocenters. The summed E-state index contributed by atoms with van der Waals surface area (Å²) in [5.41, 5.74) is 1.49. The van der Waals surface area contributed by atoms with Gasteiger partial charge in [0, 0.05) is 0 Å². The second-order valence-corrected chi connectivity index (χ2v) is 15.3. The molecule has 0 heteroatoms. The standard InChI is InChI=1S/C28H54/c1-16-19-20(23(27(10,11)12)17(2)21(16)25(4,5)6)24(28(13,14)15)18(3)22(19)26(7,8)9/h16-24H,1-15H3. The lowest BCUT2D eigenvalue weighted by Gasteiger charge is -2.59. The first-order valence-corrected chi connectivity index (χ1v) is 12.2. The van der Waals surface area contributed by atoms with Crippen molar-refractivity contribution in [3.05, 3.63) is 0 Å². The van der Waals surface area contributed by atoms with Crippen LogP contribution in [0.5, 0.6) is 0 Å². The molecule has 2 saturated carbocycles. The molecule has 0 N–H and O–H groups in total. The quantitative estimate of drug-likeness (QED) is 0.387. The molecule has 0 heterocycles. The fourth-order valence-electron chi connectivity index (χ4n) is 9.51. The van der Waals surface area contributed by atoms with Gasteiger partial charge in [0.05, 0.1) is 0 Å².